The molecule has 0 unspecified atom stereocenters. The Bertz CT molecular complexity index is 861. The third kappa shape index (κ3) is 3.58. The number of amides is 1. The van der Waals surface area contributed by atoms with Crippen molar-refractivity contribution in [2.45, 2.75) is 6.42 Å². The predicted molar refractivity (Wildman–Crippen MR) is 84.6 cm³/mol. The largest absolute Gasteiger partial charge is 0.310 e. The molecule has 0 aliphatic rings. The molecular formula is C15H12N6O3. The number of benzene rings is 1. The zero-order chi connectivity index (χ0) is 16.9. The lowest BCUT2D eigenvalue weighted by Crippen LogP contribution is -2.15. The van der Waals surface area contributed by atoms with Crippen molar-refractivity contribution in [3.63, 3.8) is 0 Å². The number of hydrogen-bond donors (Lipinski definition) is 1. The zero-order valence-corrected chi connectivity index (χ0v) is 12.4. The minimum absolute atomic E-state index is 0.0140. The normalized spacial score (nSPS) is 10.3. The van der Waals surface area contributed by atoms with Crippen molar-refractivity contribution >= 4 is 17.4 Å². The molecule has 1 aromatic carbocycles. The van der Waals surface area contributed by atoms with E-state index in [9.17, 15) is 14.9 Å². The van der Waals surface area contributed by atoms with Crippen molar-refractivity contribution in [3.05, 3.63) is 71.1 Å². The highest BCUT2D eigenvalue weighted by molar-refractivity contribution is 5.91. The summed E-state index contributed by atoms with van der Waals surface area (Å²) >= 11 is 0. The highest BCUT2D eigenvalue weighted by Gasteiger charge is 2.09. The Morgan fingerprint density at radius 3 is 2.71 bits per heavy atom. The van der Waals surface area contributed by atoms with Crippen LogP contribution in [0.15, 0.2) is 55.4 Å². The number of nitrogens with zero attached hydrogens (tertiary/aromatic N) is 5. The van der Waals surface area contributed by atoms with E-state index in [2.05, 4.69) is 20.3 Å². The molecule has 0 atom stereocenters. The molecule has 9 nitrogen and oxygen atoms in total. The number of anilines is 1. The van der Waals surface area contributed by atoms with Crippen LogP contribution in [0.1, 0.15) is 5.56 Å². The van der Waals surface area contributed by atoms with Crippen LogP contribution >= 0.6 is 0 Å². The number of rotatable bonds is 5. The van der Waals surface area contributed by atoms with Crippen molar-refractivity contribution in [2.24, 2.45) is 0 Å². The van der Waals surface area contributed by atoms with Gasteiger partial charge >= 0.3 is 0 Å². The predicted octanol–water partition coefficient (Wildman–Crippen LogP) is 1.75. The van der Waals surface area contributed by atoms with Gasteiger partial charge in [0.05, 0.1) is 11.3 Å². The van der Waals surface area contributed by atoms with E-state index < -0.39 is 4.92 Å². The number of aromatic nitrogens is 4. The van der Waals surface area contributed by atoms with E-state index in [-0.39, 0.29) is 18.0 Å². The van der Waals surface area contributed by atoms with E-state index in [0.29, 0.717) is 17.2 Å². The molecule has 2 aromatic heterocycles. The highest BCUT2D eigenvalue weighted by atomic mass is 16.6. The first-order valence-electron chi connectivity index (χ1n) is 6.95. The van der Waals surface area contributed by atoms with Crippen LogP contribution in [0.3, 0.4) is 0 Å². The van der Waals surface area contributed by atoms with Crippen LogP contribution < -0.4 is 5.32 Å². The van der Waals surface area contributed by atoms with Crippen LogP contribution in [0, 0.1) is 10.1 Å². The fourth-order valence-corrected chi connectivity index (χ4v) is 2.06. The third-order valence-corrected chi connectivity index (χ3v) is 3.20. The Morgan fingerprint density at radius 2 is 2.04 bits per heavy atom. The summed E-state index contributed by atoms with van der Waals surface area (Å²) in [5, 5.41) is 13.3. The van der Waals surface area contributed by atoms with Gasteiger partial charge in [0, 0.05) is 30.6 Å². The summed E-state index contributed by atoms with van der Waals surface area (Å²) in [6, 6.07) is 7.45. The van der Waals surface area contributed by atoms with Crippen LogP contribution in [0.2, 0.25) is 0 Å². The molecule has 0 bridgehead atoms. The van der Waals surface area contributed by atoms with Crippen molar-refractivity contribution < 1.29 is 9.72 Å². The molecule has 0 radical (unpaired) electrons. The van der Waals surface area contributed by atoms with Crippen LogP contribution in [-0.4, -0.2) is 30.3 Å². The summed E-state index contributed by atoms with van der Waals surface area (Å²) in [6.45, 7) is 0. The van der Waals surface area contributed by atoms with Gasteiger partial charge in [-0.15, -0.1) is 0 Å². The molecule has 1 amide bonds. The van der Waals surface area contributed by atoms with Gasteiger partial charge in [-0.05, 0) is 5.56 Å². The molecule has 0 spiro atoms. The summed E-state index contributed by atoms with van der Waals surface area (Å²) < 4.78 is 1.69. The smallest absolute Gasteiger partial charge is 0.269 e. The number of carbonyl (C=O) groups excluding carboxylic acids is 1. The Hall–Kier alpha value is -3.62. The van der Waals surface area contributed by atoms with Gasteiger partial charge in [0.1, 0.15) is 24.3 Å². The van der Waals surface area contributed by atoms with E-state index in [4.69, 9.17) is 0 Å². The average Bonchev–Trinajstić information content (AvgIpc) is 3.10. The average molecular weight is 324 g/mol. The van der Waals surface area contributed by atoms with Gasteiger partial charge in [-0.2, -0.15) is 0 Å². The number of imidazole rings is 1. The summed E-state index contributed by atoms with van der Waals surface area (Å²) in [6.07, 6.45) is 6.36. The Balaban J connectivity index is 1.66. The number of carbonyl (C=O) groups is 1. The van der Waals surface area contributed by atoms with E-state index >= 15 is 0 Å². The molecule has 3 rings (SSSR count). The second-order valence-corrected chi connectivity index (χ2v) is 4.88. The molecule has 0 saturated heterocycles. The number of non-ortho nitro benzene ring substituents is 1. The summed E-state index contributed by atoms with van der Waals surface area (Å²) in [5.41, 5.74) is 0.655. The second kappa shape index (κ2) is 6.65. The first-order chi connectivity index (χ1) is 11.6. The van der Waals surface area contributed by atoms with Crippen LogP contribution in [-0.2, 0) is 11.2 Å². The van der Waals surface area contributed by atoms with Gasteiger partial charge in [0.25, 0.3) is 5.69 Å². The molecule has 24 heavy (non-hydrogen) atoms. The topological polar surface area (TPSA) is 116 Å². The summed E-state index contributed by atoms with van der Waals surface area (Å²) in [4.78, 5) is 34.2. The first-order valence-corrected chi connectivity index (χ1v) is 6.95. The SMILES string of the molecule is O=C(Cc1ccc([N+](=O)[O-])cc1)Nc1cc(-n2ccnc2)ncn1. The van der Waals surface area contributed by atoms with Gasteiger partial charge in [-0.3, -0.25) is 19.5 Å². The summed E-state index contributed by atoms with van der Waals surface area (Å²) in [5.74, 6) is 0.660. The zero-order valence-electron chi connectivity index (χ0n) is 12.4. The molecule has 120 valence electrons. The Kier molecular flexibility index (Phi) is 4.23. The van der Waals surface area contributed by atoms with Crippen molar-refractivity contribution in [1.29, 1.82) is 0 Å². The van der Waals surface area contributed by atoms with Gasteiger partial charge in [0.2, 0.25) is 5.91 Å². The van der Waals surface area contributed by atoms with E-state index in [1.807, 2.05) is 0 Å². The number of hydrogen-bond acceptors (Lipinski definition) is 6. The van der Waals surface area contributed by atoms with E-state index in [1.54, 1.807) is 41.5 Å². The molecular weight excluding hydrogens is 312 g/mol. The molecule has 9 heteroatoms. The van der Waals surface area contributed by atoms with Crippen LogP contribution in [0.5, 0.6) is 0 Å². The molecule has 0 aliphatic heterocycles. The quantitative estimate of drug-likeness (QED) is 0.564. The van der Waals surface area contributed by atoms with Gasteiger partial charge in [0.15, 0.2) is 0 Å². The van der Waals surface area contributed by atoms with Crippen LogP contribution in [0.4, 0.5) is 11.5 Å². The fourth-order valence-electron chi connectivity index (χ4n) is 2.06. The standard InChI is InChI=1S/C15H12N6O3/c22-15(7-11-1-3-12(4-2-11)21(23)24)19-13-8-14(18-9-17-13)20-6-5-16-10-20/h1-6,8-10H,7H2,(H,17,18,19,22). The lowest BCUT2D eigenvalue weighted by Gasteiger charge is -2.06. The van der Waals surface area contributed by atoms with Crippen LogP contribution in [0.25, 0.3) is 5.82 Å². The highest BCUT2D eigenvalue weighted by Crippen LogP contribution is 2.13. The molecule has 1 N–H and O–H groups in total. The maximum atomic E-state index is 12.1. The Labute approximate surface area is 136 Å². The maximum Gasteiger partial charge on any atom is 0.269 e. The van der Waals surface area contributed by atoms with Crippen molar-refractivity contribution in [2.75, 3.05) is 5.32 Å². The minimum Gasteiger partial charge on any atom is -0.310 e. The van der Waals surface area contributed by atoms with Crippen molar-refractivity contribution in [3.8, 4) is 5.82 Å². The molecule has 0 aliphatic carbocycles. The lowest BCUT2D eigenvalue weighted by molar-refractivity contribution is -0.384. The number of nitrogens with one attached hydrogen (secondary N) is 1. The Morgan fingerprint density at radius 1 is 1.25 bits per heavy atom. The fraction of sp³-hybridized carbons (Fsp3) is 0.0667. The minimum atomic E-state index is -0.484. The first kappa shape index (κ1) is 15.3. The monoisotopic (exact) mass is 324 g/mol. The molecule has 2 heterocycles. The van der Waals surface area contributed by atoms with E-state index in [0.717, 1.165) is 0 Å². The van der Waals surface area contributed by atoms with Gasteiger partial charge in [-0.1, -0.05) is 12.1 Å². The van der Waals surface area contributed by atoms with Gasteiger partial charge in [-0.25, -0.2) is 15.0 Å². The molecule has 0 fully saturated rings. The maximum absolute atomic E-state index is 12.1. The third-order valence-electron chi connectivity index (χ3n) is 3.20. The summed E-state index contributed by atoms with van der Waals surface area (Å²) in [7, 11) is 0. The molecule has 3 aromatic rings. The lowest BCUT2D eigenvalue weighted by atomic mass is 10.1. The second-order valence-electron chi connectivity index (χ2n) is 4.88. The molecule has 0 saturated carbocycles. The number of nitro benzene ring substituents is 1. The van der Waals surface area contributed by atoms with E-state index in [1.165, 1.54) is 18.5 Å². The van der Waals surface area contributed by atoms with Gasteiger partial charge < -0.3 is 5.32 Å². The number of nitro groups is 1. The van der Waals surface area contributed by atoms with Crippen molar-refractivity contribution in [1.82, 2.24) is 19.5 Å².